The molecule has 1 aliphatic heterocycles. The quantitative estimate of drug-likeness (QED) is 0.785. The van der Waals surface area contributed by atoms with Gasteiger partial charge in [0.2, 0.25) is 5.91 Å². The second-order valence-electron chi connectivity index (χ2n) is 6.58. The summed E-state index contributed by atoms with van der Waals surface area (Å²) in [5.74, 6) is 0.136. The summed E-state index contributed by atoms with van der Waals surface area (Å²) in [6.45, 7) is 1.02. The standard InChI is InChI=1S/C20H20N2O2S/c23-19-13-22(20(24)11-17-5-3-9-25-17)12-15(19)10-16-8-7-14-4-1-2-6-18(14)21-16/h1-9,15,19,23H,10-13H2/t15-,19-/m1/s1. The fraction of sp³-hybridized carbons (Fsp3) is 0.300. The summed E-state index contributed by atoms with van der Waals surface area (Å²) in [4.78, 5) is 20.0. The topological polar surface area (TPSA) is 53.4 Å². The van der Waals surface area contributed by atoms with Gasteiger partial charge in [0.05, 0.1) is 18.0 Å². The molecule has 0 radical (unpaired) electrons. The number of β-amino-alcohol motifs (C(OH)–C–C–N with tert-alkyl or cyclic N) is 1. The number of rotatable bonds is 4. The first-order valence-corrected chi connectivity index (χ1v) is 9.40. The van der Waals surface area contributed by atoms with E-state index < -0.39 is 6.10 Å². The summed E-state index contributed by atoms with van der Waals surface area (Å²) in [6.07, 6.45) is 0.626. The lowest BCUT2D eigenvalue weighted by molar-refractivity contribution is -0.129. The lowest BCUT2D eigenvalue weighted by Crippen LogP contribution is -2.30. The van der Waals surface area contributed by atoms with Crippen LogP contribution in [0.25, 0.3) is 10.9 Å². The van der Waals surface area contributed by atoms with Crippen LogP contribution >= 0.6 is 11.3 Å². The van der Waals surface area contributed by atoms with Gasteiger partial charge in [-0.25, -0.2) is 0 Å². The van der Waals surface area contributed by atoms with Crippen molar-refractivity contribution in [3.8, 4) is 0 Å². The van der Waals surface area contributed by atoms with Crippen LogP contribution in [-0.2, 0) is 17.6 Å². The molecule has 0 aliphatic carbocycles. The monoisotopic (exact) mass is 352 g/mol. The van der Waals surface area contributed by atoms with Gasteiger partial charge in [0, 0.05) is 35.0 Å². The molecule has 1 saturated heterocycles. The minimum Gasteiger partial charge on any atom is -0.391 e. The summed E-state index contributed by atoms with van der Waals surface area (Å²) < 4.78 is 0. The summed E-state index contributed by atoms with van der Waals surface area (Å²) in [7, 11) is 0. The fourth-order valence-electron chi connectivity index (χ4n) is 3.42. The summed E-state index contributed by atoms with van der Waals surface area (Å²) in [5, 5.41) is 13.5. The van der Waals surface area contributed by atoms with Gasteiger partial charge < -0.3 is 10.0 Å². The van der Waals surface area contributed by atoms with Gasteiger partial charge in [0.25, 0.3) is 0 Å². The van der Waals surface area contributed by atoms with E-state index in [-0.39, 0.29) is 11.8 Å². The molecule has 2 aromatic heterocycles. The number of hydrogen-bond acceptors (Lipinski definition) is 4. The van der Waals surface area contributed by atoms with Crippen LogP contribution < -0.4 is 0 Å². The molecule has 3 aromatic rings. The molecule has 2 atom stereocenters. The SMILES string of the molecule is O=C(Cc1cccs1)N1C[C@@H](Cc2ccc3ccccc3n2)[C@H](O)C1. The normalized spacial score (nSPS) is 20.3. The Morgan fingerprint density at radius 2 is 2.04 bits per heavy atom. The Morgan fingerprint density at radius 1 is 1.16 bits per heavy atom. The number of carbonyl (C=O) groups is 1. The number of carbonyl (C=O) groups excluding carboxylic acids is 1. The zero-order valence-electron chi connectivity index (χ0n) is 13.8. The predicted octanol–water partition coefficient (Wildman–Crippen LogP) is 2.90. The number of likely N-dealkylation sites (tertiary alicyclic amines) is 1. The van der Waals surface area contributed by atoms with Crippen molar-refractivity contribution in [2.45, 2.75) is 18.9 Å². The highest BCUT2D eigenvalue weighted by molar-refractivity contribution is 7.10. The molecule has 0 unspecified atom stereocenters. The number of amides is 1. The lowest BCUT2D eigenvalue weighted by atomic mass is 9.99. The van der Waals surface area contributed by atoms with Crippen molar-refractivity contribution in [3.63, 3.8) is 0 Å². The smallest absolute Gasteiger partial charge is 0.227 e. The van der Waals surface area contributed by atoms with Crippen LogP contribution in [0.3, 0.4) is 0 Å². The van der Waals surface area contributed by atoms with E-state index in [4.69, 9.17) is 4.98 Å². The largest absolute Gasteiger partial charge is 0.391 e. The van der Waals surface area contributed by atoms with Crippen molar-refractivity contribution in [1.82, 2.24) is 9.88 Å². The Morgan fingerprint density at radius 3 is 2.88 bits per heavy atom. The molecule has 0 bridgehead atoms. The van der Waals surface area contributed by atoms with Gasteiger partial charge in [-0.2, -0.15) is 0 Å². The number of aromatic nitrogens is 1. The Balaban J connectivity index is 1.43. The van der Waals surface area contributed by atoms with E-state index in [2.05, 4.69) is 6.07 Å². The highest BCUT2D eigenvalue weighted by atomic mass is 32.1. The zero-order chi connectivity index (χ0) is 17.2. The van der Waals surface area contributed by atoms with Gasteiger partial charge in [-0.3, -0.25) is 9.78 Å². The maximum absolute atomic E-state index is 12.4. The third-order valence-electron chi connectivity index (χ3n) is 4.79. The van der Waals surface area contributed by atoms with Crippen molar-refractivity contribution in [1.29, 1.82) is 0 Å². The van der Waals surface area contributed by atoms with Crippen LogP contribution in [-0.4, -0.2) is 40.1 Å². The van der Waals surface area contributed by atoms with Crippen molar-refractivity contribution < 1.29 is 9.90 Å². The van der Waals surface area contributed by atoms with Gasteiger partial charge in [-0.05, 0) is 30.0 Å². The molecule has 1 fully saturated rings. The number of aliphatic hydroxyl groups excluding tert-OH is 1. The number of fused-ring (bicyclic) bond motifs is 1. The van der Waals surface area contributed by atoms with Crippen LogP contribution in [0.15, 0.2) is 53.9 Å². The molecular weight excluding hydrogens is 332 g/mol. The first-order chi connectivity index (χ1) is 12.2. The van der Waals surface area contributed by atoms with E-state index in [0.29, 0.717) is 25.9 Å². The Labute approximate surface area is 150 Å². The van der Waals surface area contributed by atoms with Crippen LogP contribution in [0.5, 0.6) is 0 Å². The second-order valence-corrected chi connectivity index (χ2v) is 7.61. The first kappa shape index (κ1) is 16.2. The van der Waals surface area contributed by atoms with Gasteiger partial charge in [0.15, 0.2) is 0 Å². The Kier molecular flexibility index (Phi) is 4.51. The summed E-state index contributed by atoms with van der Waals surface area (Å²) in [5.41, 5.74) is 1.94. The number of thiophene rings is 1. The molecule has 0 saturated carbocycles. The minimum absolute atomic E-state index is 0.0425. The van der Waals surface area contributed by atoms with Gasteiger partial charge >= 0.3 is 0 Å². The summed E-state index contributed by atoms with van der Waals surface area (Å²) >= 11 is 1.60. The molecule has 5 heteroatoms. The number of pyridine rings is 1. The first-order valence-electron chi connectivity index (χ1n) is 8.52. The third-order valence-corrected chi connectivity index (χ3v) is 5.67. The molecule has 3 heterocycles. The molecule has 1 aliphatic rings. The van der Waals surface area contributed by atoms with Crippen LogP contribution in [0.2, 0.25) is 0 Å². The molecule has 25 heavy (non-hydrogen) atoms. The van der Waals surface area contributed by atoms with Crippen LogP contribution in [0.4, 0.5) is 0 Å². The van der Waals surface area contributed by atoms with E-state index in [1.807, 2.05) is 47.8 Å². The van der Waals surface area contributed by atoms with E-state index in [1.165, 1.54) is 0 Å². The molecule has 1 amide bonds. The molecule has 1 N–H and O–H groups in total. The number of aliphatic hydroxyl groups is 1. The Hall–Kier alpha value is -2.24. The maximum atomic E-state index is 12.4. The van der Waals surface area contributed by atoms with Gasteiger partial charge in [0.1, 0.15) is 0 Å². The maximum Gasteiger partial charge on any atom is 0.227 e. The van der Waals surface area contributed by atoms with Crippen molar-refractivity contribution in [2.75, 3.05) is 13.1 Å². The van der Waals surface area contributed by atoms with E-state index in [1.54, 1.807) is 16.2 Å². The molecular formula is C20H20N2O2S. The lowest BCUT2D eigenvalue weighted by Gasteiger charge is -2.15. The average molecular weight is 352 g/mol. The number of para-hydroxylation sites is 1. The number of nitrogens with zero attached hydrogens (tertiary/aromatic N) is 2. The molecule has 1 aromatic carbocycles. The number of benzene rings is 1. The zero-order valence-corrected chi connectivity index (χ0v) is 14.7. The molecule has 4 rings (SSSR count). The molecule has 0 spiro atoms. The Bertz CT molecular complexity index is 878. The fourth-order valence-corrected chi connectivity index (χ4v) is 4.12. The van der Waals surface area contributed by atoms with E-state index >= 15 is 0 Å². The van der Waals surface area contributed by atoms with Gasteiger partial charge in [-0.15, -0.1) is 11.3 Å². The van der Waals surface area contributed by atoms with Crippen molar-refractivity contribution in [3.05, 3.63) is 64.5 Å². The van der Waals surface area contributed by atoms with Crippen molar-refractivity contribution in [2.24, 2.45) is 5.92 Å². The molecule has 128 valence electrons. The van der Waals surface area contributed by atoms with Crippen LogP contribution in [0.1, 0.15) is 10.6 Å². The highest BCUT2D eigenvalue weighted by Gasteiger charge is 2.34. The highest BCUT2D eigenvalue weighted by Crippen LogP contribution is 2.23. The van der Waals surface area contributed by atoms with E-state index in [0.717, 1.165) is 21.5 Å². The van der Waals surface area contributed by atoms with Gasteiger partial charge in [-0.1, -0.05) is 30.3 Å². The summed E-state index contributed by atoms with van der Waals surface area (Å²) in [6, 6.07) is 16.0. The van der Waals surface area contributed by atoms with E-state index in [9.17, 15) is 9.90 Å². The third kappa shape index (κ3) is 3.57. The molecule has 4 nitrogen and oxygen atoms in total. The minimum atomic E-state index is -0.486. The average Bonchev–Trinajstić information content (AvgIpc) is 3.25. The van der Waals surface area contributed by atoms with Crippen LogP contribution in [0, 0.1) is 5.92 Å². The second kappa shape index (κ2) is 6.94. The number of hydrogen-bond donors (Lipinski definition) is 1. The predicted molar refractivity (Wildman–Crippen MR) is 99.5 cm³/mol. The van der Waals surface area contributed by atoms with Crippen molar-refractivity contribution >= 4 is 28.1 Å².